The van der Waals surface area contributed by atoms with Crippen LogP contribution in [0.2, 0.25) is 0 Å². The molecule has 5 aromatic carbocycles. The summed E-state index contributed by atoms with van der Waals surface area (Å²) in [5.74, 6) is 0. The average Bonchev–Trinajstić information content (AvgIpc) is 3.43. The van der Waals surface area contributed by atoms with Gasteiger partial charge in [-0.2, -0.15) is 0 Å². The number of fused-ring (bicyclic) bond motifs is 6. The SMILES string of the molecule is C1=Cc2cc3c(cc2CC1)oc1ccc(-c2c4ccccc4c(-c4cccc(-c5ccccn5)n4)c4ccccc24)cc13. The summed E-state index contributed by atoms with van der Waals surface area (Å²) >= 11 is 0. The van der Waals surface area contributed by atoms with E-state index in [0.29, 0.717) is 0 Å². The fourth-order valence-electron chi connectivity index (χ4n) is 6.80. The average molecular weight is 551 g/mol. The smallest absolute Gasteiger partial charge is 0.135 e. The Morgan fingerprint density at radius 1 is 0.535 bits per heavy atom. The highest BCUT2D eigenvalue weighted by Crippen LogP contribution is 2.44. The molecule has 0 bridgehead atoms. The summed E-state index contributed by atoms with van der Waals surface area (Å²) in [5.41, 5.74) is 10.8. The number of benzene rings is 5. The van der Waals surface area contributed by atoms with E-state index in [1.54, 1.807) is 0 Å². The molecule has 0 radical (unpaired) electrons. The van der Waals surface area contributed by atoms with E-state index in [2.05, 4.69) is 108 Å². The van der Waals surface area contributed by atoms with E-state index in [0.717, 1.165) is 52.0 Å². The molecule has 1 aliphatic rings. The Labute approximate surface area is 248 Å². The van der Waals surface area contributed by atoms with Crippen molar-refractivity contribution in [3.63, 3.8) is 0 Å². The Balaban J connectivity index is 1.31. The minimum Gasteiger partial charge on any atom is -0.456 e. The lowest BCUT2D eigenvalue weighted by molar-refractivity contribution is 0.668. The molecule has 0 atom stereocenters. The molecule has 3 aromatic heterocycles. The molecule has 0 amide bonds. The quantitative estimate of drug-likeness (QED) is 0.205. The lowest BCUT2D eigenvalue weighted by atomic mass is 9.87. The second kappa shape index (κ2) is 9.50. The first-order valence-electron chi connectivity index (χ1n) is 14.8. The van der Waals surface area contributed by atoms with Gasteiger partial charge in [-0.1, -0.05) is 78.9 Å². The van der Waals surface area contributed by atoms with Gasteiger partial charge in [0.05, 0.1) is 17.1 Å². The molecule has 0 N–H and O–H groups in total. The number of pyridine rings is 2. The summed E-state index contributed by atoms with van der Waals surface area (Å²) in [6.45, 7) is 0. The van der Waals surface area contributed by atoms with Crippen LogP contribution in [0.25, 0.3) is 83.3 Å². The first-order chi connectivity index (χ1) is 21.3. The summed E-state index contributed by atoms with van der Waals surface area (Å²) in [5, 5.41) is 7.08. The zero-order valence-electron chi connectivity index (χ0n) is 23.4. The highest BCUT2D eigenvalue weighted by atomic mass is 16.3. The van der Waals surface area contributed by atoms with Crippen molar-refractivity contribution in [2.24, 2.45) is 0 Å². The first kappa shape index (κ1) is 24.1. The number of rotatable bonds is 3. The number of nitrogens with zero attached hydrogens (tertiary/aromatic N) is 2. The molecule has 0 aliphatic heterocycles. The zero-order chi connectivity index (χ0) is 28.3. The fraction of sp³-hybridized carbons (Fsp3) is 0.0500. The van der Waals surface area contributed by atoms with E-state index >= 15 is 0 Å². The van der Waals surface area contributed by atoms with Crippen LogP contribution < -0.4 is 0 Å². The first-order valence-corrected chi connectivity index (χ1v) is 14.8. The van der Waals surface area contributed by atoms with Gasteiger partial charge in [0.15, 0.2) is 0 Å². The summed E-state index contributed by atoms with van der Waals surface area (Å²) in [6, 6.07) is 40.8. The van der Waals surface area contributed by atoms with Crippen LogP contribution >= 0.6 is 0 Å². The minimum atomic E-state index is 0.865. The van der Waals surface area contributed by atoms with Crippen LogP contribution in [0.5, 0.6) is 0 Å². The van der Waals surface area contributed by atoms with Crippen molar-refractivity contribution in [3.8, 4) is 33.8 Å². The molecule has 0 fully saturated rings. The summed E-state index contributed by atoms with van der Waals surface area (Å²) < 4.78 is 6.37. The Morgan fingerprint density at radius 3 is 2.00 bits per heavy atom. The number of hydrogen-bond acceptors (Lipinski definition) is 3. The molecule has 1 aliphatic carbocycles. The Kier molecular flexibility index (Phi) is 5.32. The highest BCUT2D eigenvalue weighted by molar-refractivity contribution is 6.22. The maximum Gasteiger partial charge on any atom is 0.135 e. The summed E-state index contributed by atoms with van der Waals surface area (Å²) in [7, 11) is 0. The molecular formula is C40H26N2O. The number of aromatic nitrogens is 2. The fourth-order valence-corrected chi connectivity index (χ4v) is 6.80. The largest absolute Gasteiger partial charge is 0.456 e. The molecule has 0 spiro atoms. The molecule has 0 unspecified atom stereocenters. The van der Waals surface area contributed by atoms with Gasteiger partial charge in [-0.15, -0.1) is 0 Å². The van der Waals surface area contributed by atoms with E-state index in [9.17, 15) is 0 Å². The van der Waals surface area contributed by atoms with Crippen LogP contribution in [0.15, 0.2) is 132 Å². The Morgan fingerprint density at radius 2 is 1.23 bits per heavy atom. The lowest BCUT2D eigenvalue weighted by Gasteiger charge is -2.17. The third-order valence-corrected chi connectivity index (χ3v) is 8.76. The number of hydrogen-bond donors (Lipinski definition) is 0. The van der Waals surface area contributed by atoms with E-state index < -0.39 is 0 Å². The molecule has 9 rings (SSSR count). The van der Waals surface area contributed by atoms with Crippen LogP contribution in [-0.4, -0.2) is 9.97 Å². The van der Waals surface area contributed by atoms with Crippen molar-refractivity contribution in [2.45, 2.75) is 12.8 Å². The molecule has 8 aromatic rings. The molecule has 202 valence electrons. The third-order valence-electron chi connectivity index (χ3n) is 8.76. The third kappa shape index (κ3) is 3.82. The van der Waals surface area contributed by atoms with Gasteiger partial charge in [-0.3, -0.25) is 4.98 Å². The summed E-state index contributed by atoms with van der Waals surface area (Å²) in [6.07, 6.45) is 8.48. The van der Waals surface area contributed by atoms with E-state index in [1.807, 2.05) is 30.5 Å². The predicted octanol–water partition coefficient (Wildman–Crippen LogP) is 10.6. The van der Waals surface area contributed by atoms with Crippen LogP contribution in [-0.2, 0) is 6.42 Å². The van der Waals surface area contributed by atoms with Crippen molar-refractivity contribution < 1.29 is 4.42 Å². The number of allylic oxidation sites excluding steroid dienone is 1. The van der Waals surface area contributed by atoms with Crippen LogP contribution in [0, 0.1) is 0 Å². The van der Waals surface area contributed by atoms with Gasteiger partial charge in [0.1, 0.15) is 11.2 Å². The highest BCUT2D eigenvalue weighted by Gasteiger charge is 2.19. The van der Waals surface area contributed by atoms with Gasteiger partial charge in [0.25, 0.3) is 0 Å². The second-order valence-electron chi connectivity index (χ2n) is 11.3. The Bertz CT molecular complexity index is 2340. The van der Waals surface area contributed by atoms with Crippen molar-refractivity contribution >= 4 is 49.6 Å². The van der Waals surface area contributed by atoms with Gasteiger partial charge >= 0.3 is 0 Å². The standard InChI is InChI=1S/C40H26N2O/c1-2-11-26-24-38-33(22-25(26)10-1)32-23-27(19-20-37(32)43-38)39-28-12-3-5-14-30(28)40(31-15-6-4-13-29(31)39)36-18-9-17-35(42-36)34-16-7-8-21-41-34/h1,3-10,12-24H,2,11H2. The van der Waals surface area contributed by atoms with E-state index in [1.165, 1.54) is 49.2 Å². The molecular weight excluding hydrogens is 524 g/mol. The van der Waals surface area contributed by atoms with Crippen LogP contribution in [0.1, 0.15) is 17.5 Å². The monoisotopic (exact) mass is 550 g/mol. The second-order valence-corrected chi connectivity index (χ2v) is 11.3. The van der Waals surface area contributed by atoms with Crippen LogP contribution in [0.4, 0.5) is 0 Å². The van der Waals surface area contributed by atoms with Gasteiger partial charge in [0.2, 0.25) is 0 Å². The normalized spacial score (nSPS) is 12.8. The molecule has 3 nitrogen and oxygen atoms in total. The predicted molar refractivity (Wildman–Crippen MR) is 178 cm³/mol. The zero-order valence-corrected chi connectivity index (χ0v) is 23.4. The molecule has 0 saturated heterocycles. The van der Waals surface area contributed by atoms with E-state index in [-0.39, 0.29) is 0 Å². The van der Waals surface area contributed by atoms with E-state index in [4.69, 9.17) is 9.40 Å². The number of furan rings is 1. The van der Waals surface area contributed by atoms with Crippen molar-refractivity contribution in [2.75, 3.05) is 0 Å². The molecule has 3 heterocycles. The number of aryl methyl sites for hydroxylation is 1. The Hall–Kier alpha value is -5.54. The molecule has 43 heavy (non-hydrogen) atoms. The van der Waals surface area contributed by atoms with Crippen molar-refractivity contribution in [3.05, 3.63) is 139 Å². The van der Waals surface area contributed by atoms with Crippen molar-refractivity contribution in [1.82, 2.24) is 9.97 Å². The van der Waals surface area contributed by atoms with Gasteiger partial charge < -0.3 is 4.42 Å². The minimum absolute atomic E-state index is 0.865. The van der Waals surface area contributed by atoms with Gasteiger partial charge in [-0.25, -0.2) is 4.98 Å². The maximum atomic E-state index is 6.37. The topological polar surface area (TPSA) is 38.9 Å². The summed E-state index contributed by atoms with van der Waals surface area (Å²) in [4.78, 5) is 9.69. The molecule has 0 saturated carbocycles. The molecule has 3 heteroatoms. The van der Waals surface area contributed by atoms with Crippen molar-refractivity contribution in [1.29, 1.82) is 0 Å². The van der Waals surface area contributed by atoms with Gasteiger partial charge in [0, 0.05) is 22.5 Å². The maximum absolute atomic E-state index is 6.37. The lowest BCUT2D eigenvalue weighted by Crippen LogP contribution is -1.94. The van der Waals surface area contributed by atoms with Crippen LogP contribution in [0.3, 0.4) is 0 Å². The van der Waals surface area contributed by atoms with Gasteiger partial charge in [-0.05, 0) is 105 Å².